The maximum atomic E-state index is 10.7. The molecule has 0 aromatic heterocycles. The Labute approximate surface area is 45.5 Å². The van der Waals surface area contributed by atoms with Crippen molar-refractivity contribution in [1.29, 1.82) is 0 Å². The van der Waals surface area contributed by atoms with E-state index in [2.05, 4.69) is 0 Å². The van der Waals surface area contributed by atoms with Gasteiger partial charge in [-0.25, -0.2) is 4.81 Å². The van der Waals surface area contributed by atoms with E-state index in [4.69, 9.17) is 4.53 Å². The Balaban J connectivity index is 2.29. The molecule has 0 bridgehead atoms. The lowest BCUT2D eigenvalue weighted by molar-refractivity contribution is -1.07. The van der Waals surface area contributed by atoms with Crippen LogP contribution in [0.1, 0.15) is 6.42 Å². The first-order chi connectivity index (χ1) is 3.27. The van der Waals surface area contributed by atoms with E-state index in [1.807, 2.05) is 0 Å². The molecule has 0 unspecified atom stereocenters. The third-order valence-electron chi connectivity index (χ3n) is 1.33. The van der Waals surface area contributed by atoms with E-state index < -0.39 is 0 Å². The molecule has 0 radical (unpaired) electrons. The fourth-order valence-electron chi connectivity index (χ4n) is 0.599. The van der Waals surface area contributed by atoms with Crippen molar-refractivity contribution >= 4 is 10.5 Å². The summed E-state index contributed by atoms with van der Waals surface area (Å²) in [5.74, 6) is 0. The molecule has 1 aliphatic heterocycles. The van der Waals surface area contributed by atoms with Gasteiger partial charge in [-0.1, -0.05) is 0 Å². The van der Waals surface area contributed by atoms with Crippen molar-refractivity contribution in [2.45, 2.75) is 6.42 Å². The van der Waals surface area contributed by atoms with Crippen LogP contribution in [-0.2, 0) is 4.53 Å². The van der Waals surface area contributed by atoms with Crippen molar-refractivity contribution in [2.75, 3.05) is 13.1 Å². The van der Waals surface area contributed by atoms with Gasteiger partial charge in [0.15, 0.2) is 0 Å². The monoisotopic (exact) mass is 119 g/mol. The molecule has 1 heterocycles. The maximum Gasteiger partial charge on any atom is 0.227 e. The first kappa shape index (κ1) is 5.24. The molecule has 3 nitrogen and oxygen atoms in total. The van der Waals surface area contributed by atoms with Crippen LogP contribution >= 0.6 is 0 Å². The molecule has 0 atom stereocenters. The predicted molar refractivity (Wildman–Crippen MR) is 29.0 cm³/mol. The summed E-state index contributed by atoms with van der Waals surface area (Å²) in [6, 6.07) is 0. The van der Waals surface area contributed by atoms with Crippen molar-refractivity contribution < 1.29 is 9.34 Å². The minimum absolute atomic E-state index is 0.369. The fraction of sp³-hybridized carbons (Fsp3) is 1.00. The summed E-state index contributed by atoms with van der Waals surface area (Å²) < 4.78 is 4.69. The van der Waals surface area contributed by atoms with Crippen LogP contribution in [0.4, 0.5) is 0 Å². The average Bonchev–Trinajstić information content (AvgIpc) is 1.61. The molecule has 4 heteroatoms. The van der Waals surface area contributed by atoms with Gasteiger partial charge in [0, 0.05) is 0 Å². The van der Waals surface area contributed by atoms with Gasteiger partial charge in [0.05, 0.1) is 6.42 Å². The van der Waals surface area contributed by atoms with Crippen molar-refractivity contribution in [1.82, 2.24) is 0 Å². The highest BCUT2D eigenvalue weighted by Crippen LogP contribution is 2.15. The average molecular weight is 119 g/mol. The minimum atomic E-state index is -0.369. The number of hydrogen-bond donors (Lipinski definition) is 0. The second-order valence-electron chi connectivity index (χ2n) is 1.80. The summed E-state index contributed by atoms with van der Waals surface area (Å²) in [5, 5.41) is 10.7. The topological polar surface area (TPSA) is 32.3 Å². The summed E-state index contributed by atoms with van der Waals surface area (Å²) in [6.07, 6.45) is 1.03. The molecule has 0 aliphatic carbocycles. The first-order valence-electron chi connectivity index (χ1n) is 2.41. The van der Waals surface area contributed by atoms with E-state index in [0.29, 0.717) is 23.6 Å². The molecule has 1 aliphatic rings. The molecule has 0 aromatic rings. The third-order valence-corrected chi connectivity index (χ3v) is 2.00. The van der Waals surface area contributed by atoms with Crippen LogP contribution in [0, 0.1) is 5.21 Å². The highest BCUT2D eigenvalue weighted by molar-refractivity contribution is 5.97. The van der Waals surface area contributed by atoms with Gasteiger partial charge in [0.1, 0.15) is 13.1 Å². The number of nitrogens with zero attached hydrogens (tertiary/aromatic N) is 1. The Hall–Kier alpha value is 0.0969. The zero-order valence-corrected chi connectivity index (χ0v) is 6.39. The number of hydrogen-bond acceptors (Lipinski definition) is 2. The smallest absolute Gasteiger partial charge is 0.227 e. The van der Waals surface area contributed by atoms with Crippen LogP contribution in [-0.4, -0.2) is 28.4 Å². The largest absolute Gasteiger partial charge is 0.599 e. The van der Waals surface area contributed by atoms with E-state index in [1.54, 1.807) is 0 Å². The number of quaternary nitrogens is 1. The molecule has 0 saturated carbocycles. The summed E-state index contributed by atoms with van der Waals surface area (Å²) in [4.78, 5) is -0.369. The minimum Gasteiger partial charge on any atom is -0.599 e. The molecule has 0 amide bonds. The van der Waals surface area contributed by atoms with E-state index in [0.717, 1.165) is 6.42 Å². The summed E-state index contributed by atoms with van der Waals surface area (Å²) >= 11 is 0. The lowest BCUT2D eigenvalue weighted by Crippen LogP contribution is -2.52. The molecule has 0 N–H and O–H groups in total. The van der Waals surface area contributed by atoms with Gasteiger partial charge in [-0.3, -0.25) is 4.53 Å². The Kier molecular flexibility index (Phi) is 1.16. The Morgan fingerprint density at radius 2 is 2.14 bits per heavy atom. The SMILES string of the molecule is [O-][N+]1(O[SiH3])CCC1. The van der Waals surface area contributed by atoms with E-state index >= 15 is 0 Å². The molecule has 1 saturated heterocycles. The van der Waals surface area contributed by atoms with Crippen molar-refractivity contribution in [3.8, 4) is 0 Å². The zero-order chi connectivity index (χ0) is 5.33. The molecule has 1 fully saturated rings. The van der Waals surface area contributed by atoms with Gasteiger partial charge >= 0.3 is 0 Å². The van der Waals surface area contributed by atoms with Gasteiger partial charge in [-0.15, -0.1) is 0 Å². The number of hydroxylamine groups is 4. The molecule has 1 rings (SSSR count). The molecular formula is C3H9NO2Si. The van der Waals surface area contributed by atoms with E-state index in [9.17, 15) is 5.21 Å². The Morgan fingerprint density at radius 3 is 2.14 bits per heavy atom. The van der Waals surface area contributed by atoms with E-state index in [1.165, 1.54) is 0 Å². The zero-order valence-electron chi connectivity index (χ0n) is 4.39. The normalized spacial score (nSPS) is 27.0. The van der Waals surface area contributed by atoms with Gasteiger partial charge in [0.2, 0.25) is 10.5 Å². The molecule has 7 heavy (non-hydrogen) atoms. The summed E-state index contributed by atoms with van der Waals surface area (Å²) in [6.45, 7) is 1.34. The van der Waals surface area contributed by atoms with Crippen LogP contribution in [0.2, 0.25) is 0 Å². The summed E-state index contributed by atoms with van der Waals surface area (Å²) in [5.41, 5.74) is 0. The molecular weight excluding hydrogens is 110 g/mol. The fourth-order valence-corrected chi connectivity index (χ4v) is 0.964. The molecule has 42 valence electrons. The van der Waals surface area contributed by atoms with Gasteiger partial charge in [-0.2, -0.15) is 0 Å². The maximum absolute atomic E-state index is 10.7. The molecule has 0 spiro atoms. The van der Waals surface area contributed by atoms with Crippen LogP contribution in [0.5, 0.6) is 0 Å². The van der Waals surface area contributed by atoms with Crippen LogP contribution in [0.15, 0.2) is 0 Å². The standard InChI is InChI=1S/C3H9NO2Si/c5-4(6-7)2-1-3-4/h1-3H2,7H3. The number of rotatable bonds is 1. The lowest BCUT2D eigenvalue weighted by atomic mass is 10.3. The van der Waals surface area contributed by atoms with Crippen LogP contribution in [0.25, 0.3) is 0 Å². The van der Waals surface area contributed by atoms with E-state index in [-0.39, 0.29) is 4.81 Å². The summed E-state index contributed by atoms with van der Waals surface area (Å²) in [7, 11) is 0.568. The van der Waals surface area contributed by atoms with Crippen molar-refractivity contribution in [2.24, 2.45) is 0 Å². The van der Waals surface area contributed by atoms with Crippen molar-refractivity contribution in [3.63, 3.8) is 0 Å². The van der Waals surface area contributed by atoms with Crippen molar-refractivity contribution in [3.05, 3.63) is 5.21 Å². The van der Waals surface area contributed by atoms with Gasteiger partial charge < -0.3 is 5.21 Å². The predicted octanol–water partition coefficient (Wildman–Crippen LogP) is -1.08. The van der Waals surface area contributed by atoms with Crippen LogP contribution in [0.3, 0.4) is 0 Å². The second-order valence-corrected chi connectivity index (χ2v) is 2.16. The highest BCUT2D eigenvalue weighted by Gasteiger charge is 2.25. The highest BCUT2D eigenvalue weighted by atomic mass is 28.2. The quantitative estimate of drug-likeness (QED) is 0.250. The van der Waals surface area contributed by atoms with Crippen LogP contribution < -0.4 is 0 Å². The van der Waals surface area contributed by atoms with Gasteiger partial charge in [-0.05, 0) is 0 Å². The Morgan fingerprint density at radius 1 is 1.57 bits per heavy atom. The van der Waals surface area contributed by atoms with Gasteiger partial charge in [0.25, 0.3) is 0 Å². The molecule has 0 aromatic carbocycles. The second kappa shape index (κ2) is 1.55. The third kappa shape index (κ3) is 0.831. The Bertz CT molecular complexity index is 67.8. The lowest BCUT2D eigenvalue weighted by Gasteiger charge is -2.45. The first-order valence-corrected chi connectivity index (χ1v) is 3.22.